The molecule has 1 aromatic heterocycles. The van der Waals surface area contributed by atoms with Gasteiger partial charge < -0.3 is 15.2 Å². The maximum absolute atomic E-state index is 11.6. The second-order valence-electron chi connectivity index (χ2n) is 4.86. The van der Waals surface area contributed by atoms with E-state index in [1.54, 1.807) is 11.9 Å². The average molecular weight is 295 g/mol. The van der Waals surface area contributed by atoms with Crippen LogP contribution in [0.1, 0.15) is 29.9 Å². The Morgan fingerprint density at radius 1 is 1.60 bits per heavy atom. The first-order chi connectivity index (χ1) is 9.58. The number of aromatic amines is 1. The van der Waals surface area contributed by atoms with E-state index in [4.69, 9.17) is 17.0 Å². The summed E-state index contributed by atoms with van der Waals surface area (Å²) >= 11 is 5.90. The van der Waals surface area contributed by atoms with Gasteiger partial charge in [0, 0.05) is 26.3 Å². The van der Waals surface area contributed by atoms with E-state index in [1.807, 2.05) is 6.20 Å². The van der Waals surface area contributed by atoms with E-state index in [0.29, 0.717) is 19.0 Å². The van der Waals surface area contributed by atoms with Crippen molar-refractivity contribution in [1.82, 2.24) is 9.88 Å². The van der Waals surface area contributed by atoms with Crippen molar-refractivity contribution in [3.63, 3.8) is 0 Å². The Labute approximate surface area is 123 Å². The molecule has 0 radical (unpaired) electrons. The van der Waals surface area contributed by atoms with E-state index in [0.717, 1.165) is 29.8 Å². The fourth-order valence-electron chi connectivity index (χ4n) is 2.73. The maximum atomic E-state index is 11.6. The van der Waals surface area contributed by atoms with E-state index in [-0.39, 0.29) is 11.1 Å². The van der Waals surface area contributed by atoms with Gasteiger partial charge in [0.2, 0.25) is 5.91 Å². The molecule has 5 nitrogen and oxygen atoms in total. The van der Waals surface area contributed by atoms with Crippen LogP contribution in [0.4, 0.5) is 5.82 Å². The molecular weight excluding hydrogens is 276 g/mol. The number of aromatic nitrogens is 1. The minimum atomic E-state index is -0.0151. The lowest BCUT2D eigenvalue weighted by atomic mass is 9.88. The third-order valence-electron chi connectivity index (χ3n) is 3.80. The monoisotopic (exact) mass is 294 g/mol. The first kappa shape index (κ1) is 14.7. The second-order valence-corrected chi connectivity index (χ2v) is 5.24. The van der Waals surface area contributed by atoms with E-state index in [2.05, 4.69) is 16.9 Å². The van der Waals surface area contributed by atoms with Crippen LogP contribution in [0.25, 0.3) is 0 Å². The fraction of sp³-hybridized carbons (Fsp3) is 0.429. The topological polar surface area (TPSA) is 72.0 Å². The molecule has 6 heteroatoms. The van der Waals surface area contributed by atoms with Gasteiger partial charge in [0.1, 0.15) is 11.0 Å². The van der Waals surface area contributed by atoms with Gasteiger partial charge in [0.15, 0.2) is 0 Å². The Balaban J connectivity index is 2.15. The first-order valence-corrected chi connectivity index (χ1v) is 7.01. The first-order valence-electron chi connectivity index (χ1n) is 6.63. The number of H-pyrrole nitrogens is 1. The molecule has 0 aliphatic carbocycles. The summed E-state index contributed by atoms with van der Waals surface area (Å²) in [6.07, 6.45) is 5.01. The molecule has 2 heterocycles. The molecule has 0 unspecified atom stereocenters. The molecule has 0 bridgehead atoms. The normalized spacial score (nSPS) is 16.0. The van der Waals surface area contributed by atoms with Gasteiger partial charge >= 0.3 is 0 Å². The third-order valence-corrected chi connectivity index (χ3v) is 3.99. The summed E-state index contributed by atoms with van der Waals surface area (Å²) < 4.78 is 0. The molecule has 1 aromatic rings. The van der Waals surface area contributed by atoms with E-state index >= 15 is 0 Å². The van der Waals surface area contributed by atoms with Crippen LogP contribution in [0.2, 0.25) is 0 Å². The van der Waals surface area contributed by atoms with Gasteiger partial charge in [0.05, 0.1) is 5.56 Å². The number of piperidine rings is 1. The predicted molar refractivity (Wildman–Crippen MR) is 81.8 cm³/mol. The van der Waals surface area contributed by atoms with Crippen LogP contribution in [0.3, 0.4) is 0 Å². The number of carbonyl (C=O) groups excluding carboxylic acids is 1. The molecule has 1 amide bonds. The van der Waals surface area contributed by atoms with Crippen molar-refractivity contribution >= 4 is 28.5 Å². The van der Waals surface area contributed by atoms with Gasteiger partial charge in [-0.05, 0) is 30.4 Å². The Kier molecular flexibility index (Phi) is 4.49. The van der Waals surface area contributed by atoms with Gasteiger partial charge in [-0.1, -0.05) is 18.2 Å². The summed E-state index contributed by atoms with van der Waals surface area (Å²) in [6, 6.07) is 0. The molecule has 108 valence electrons. The number of hydrogen-bond acceptors (Lipinski definition) is 3. The number of anilines is 1. The number of nitrogens with zero attached hydrogens (tertiary/aromatic N) is 1. The van der Waals surface area contributed by atoms with Gasteiger partial charge in [-0.25, -0.2) is 0 Å². The van der Waals surface area contributed by atoms with Crippen LogP contribution in [-0.4, -0.2) is 41.1 Å². The predicted octanol–water partition coefficient (Wildman–Crippen LogP) is 2.51. The SMILES string of the molecule is C=CC(=O)N1CCC(c2c[nH]c(NC)c2C(=N)Cl)CC1. The summed E-state index contributed by atoms with van der Waals surface area (Å²) in [5, 5.41) is 10.8. The highest BCUT2D eigenvalue weighted by molar-refractivity contribution is 6.69. The van der Waals surface area contributed by atoms with Gasteiger partial charge in [0.25, 0.3) is 0 Å². The Bertz CT molecular complexity index is 529. The highest BCUT2D eigenvalue weighted by Gasteiger charge is 2.26. The fourth-order valence-corrected chi connectivity index (χ4v) is 2.94. The third kappa shape index (κ3) is 2.72. The van der Waals surface area contributed by atoms with Crippen molar-refractivity contribution in [3.05, 3.63) is 30.0 Å². The summed E-state index contributed by atoms with van der Waals surface area (Å²) in [4.78, 5) is 16.5. The zero-order valence-corrected chi connectivity index (χ0v) is 12.3. The minimum absolute atomic E-state index is 0.0151. The van der Waals surface area contributed by atoms with Crippen molar-refractivity contribution < 1.29 is 4.79 Å². The Hall–Kier alpha value is -1.75. The van der Waals surface area contributed by atoms with Crippen molar-refractivity contribution in [2.45, 2.75) is 18.8 Å². The van der Waals surface area contributed by atoms with Crippen molar-refractivity contribution in [1.29, 1.82) is 5.41 Å². The molecule has 3 N–H and O–H groups in total. The number of nitrogens with one attached hydrogen (secondary N) is 3. The van der Waals surface area contributed by atoms with E-state index < -0.39 is 0 Å². The summed E-state index contributed by atoms with van der Waals surface area (Å²) in [5.74, 6) is 1.07. The molecule has 0 spiro atoms. The lowest BCUT2D eigenvalue weighted by Gasteiger charge is -2.31. The number of hydrogen-bond donors (Lipinski definition) is 3. The second kappa shape index (κ2) is 6.13. The van der Waals surface area contributed by atoms with Gasteiger partial charge in [-0.2, -0.15) is 0 Å². The molecule has 0 aromatic carbocycles. The summed E-state index contributed by atoms with van der Waals surface area (Å²) in [7, 11) is 1.80. The van der Waals surface area contributed by atoms with Gasteiger partial charge in [-0.3, -0.25) is 10.2 Å². The highest BCUT2D eigenvalue weighted by Crippen LogP contribution is 2.34. The van der Waals surface area contributed by atoms with E-state index in [9.17, 15) is 4.79 Å². The average Bonchev–Trinajstić information content (AvgIpc) is 2.90. The number of carbonyl (C=O) groups is 1. The molecular formula is C14H19ClN4O. The van der Waals surface area contributed by atoms with Crippen molar-refractivity contribution in [2.75, 3.05) is 25.5 Å². The summed E-state index contributed by atoms with van der Waals surface area (Å²) in [6.45, 7) is 4.94. The zero-order chi connectivity index (χ0) is 14.7. The van der Waals surface area contributed by atoms with E-state index in [1.165, 1.54) is 6.08 Å². The highest BCUT2D eigenvalue weighted by atomic mass is 35.5. The standard InChI is InChI=1S/C14H19ClN4O/c1-3-11(20)19-6-4-9(5-7-19)10-8-18-14(17-2)12(10)13(15)16/h3,8-9,16-18H,1,4-7H2,2H3. The molecule has 2 rings (SSSR count). The molecule has 0 atom stereocenters. The zero-order valence-electron chi connectivity index (χ0n) is 11.5. The van der Waals surface area contributed by atoms with Crippen LogP contribution >= 0.6 is 11.6 Å². The Morgan fingerprint density at radius 2 is 2.25 bits per heavy atom. The van der Waals surface area contributed by atoms with Crippen LogP contribution < -0.4 is 5.32 Å². The number of likely N-dealkylation sites (tertiary alicyclic amines) is 1. The van der Waals surface area contributed by atoms with Crippen LogP contribution in [0.15, 0.2) is 18.9 Å². The number of rotatable bonds is 4. The Morgan fingerprint density at radius 3 is 2.75 bits per heavy atom. The van der Waals surface area contributed by atoms with Gasteiger partial charge in [-0.15, -0.1) is 0 Å². The van der Waals surface area contributed by atoms with Crippen molar-refractivity contribution in [3.8, 4) is 0 Å². The summed E-state index contributed by atoms with van der Waals surface area (Å²) in [5.41, 5.74) is 1.79. The molecule has 1 aliphatic heterocycles. The number of amides is 1. The molecule has 1 fully saturated rings. The number of halogens is 1. The quantitative estimate of drug-likeness (QED) is 0.590. The maximum Gasteiger partial charge on any atom is 0.245 e. The smallest absolute Gasteiger partial charge is 0.245 e. The molecule has 1 aliphatic rings. The van der Waals surface area contributed by atoms with Crippen LogP contribution in [0.5, 0.6) is 0 Å². The largest absolute Gasteiger partial charge is 0.374 e. The minimum Gasteiger partial charge on any atom is -0.374 e. The van der Waals surface area contributed by atoms with Crippen LogP contribution in [0, 0.1) is 5.41 Å². The van der Waals surface area contributed by atoms with Crippen LogP contribution in [-0.2, 0) is 4.79 Å². The lowest BCUT2D eigenvalue weighted by Crippen LogP contribution is -2.36. The molecule has 0 saturated carbocycles. The molecule has 1 saturated heterocycles. The lowest BCUT2D eigenvalue weighted by molar-refractivity contribution is -0.127. The molecule has 20 heavy (non-hydrogen) atoms. The van der Waals surface area contributed by atoms with Crippen molar-refractivity contribution in [2.24, 2.45) is 0 Å².